The summed E-state index contributed by atoms with van der Waals surface area (Å²) in [4.78, 5) is 11.0. The number of halogens is 2. The van der Waals surface area contributed by atoms with Crippen molar-refractivity contribution in [1.29, 1.82) is 0 Å². The second-order valence-electron chi connectivity index (χ2n) is 12.0. The van der Waals surface area contributed by atoms with Gasteiger partial charge in [-0.05, 0) is 34.4 Å². The Morgan fingerprint density at radius 1 is 0.479 bits per heavy atom. The van der Waals surface area contributed by atoms with Crippen molar-refractivity contribution in [2.24, 2.45) is 0 Å². The zero-order valence-electron chi connectivity index (χ0n) is 26.0. The van der Waals surface area contributed by atoms with Crippen LogP contribution in [0.15, 0.2) is 182 Å². The first-order chi connectivity index (χ1) is 23.6. The van der Waals surface area contributed by atoms with Crippen molar-refractivity contribution in [1.82, 2.24) is 15.3 Å². The Morgan fingerprint density at radius 2 is 0.875 bits per heavy atom. The monoisotopic (exact) mass is 662 g/mol. The van der Waals surface area contributed by atoms with Crippen molar-refractivity contribution in [2.75, 3.05) is 4.90 Å². The van der Waals surface area contributed by atoms with Crippen LogP contribution in [0.1, 0.15) is 33.4 Å². The number of nitrogens with one attached hydrogen (secondary N) is 2. The highest BCUT2D eigenvalue weighted by atomic mass is 35.5. The predicted molar refractivity (Wildman–Crippen MR) is 195 cm³/mol. The standard InChI is InChI=1S/C42H32Cl2N4/c43-37-27-15-13-25-35(37)42(36-26-14-16-28-38(36)44)47-40(31-17-5-1-6-18-31,32-19-7-2-8-20-32)41(33-21-9-3-10-22-33,34-23-11-4-12-24-34)48(42)39-45-29-30-46-39/h1-30,47H,(H,45,46). The predicted octanol–water partition coefficient (Wildman–Crippen LogP) is 9.91. The summed E-state index contributed by atoms with van der Waals surface area (Å²) in [6.45, 7) is 0. The molecule has 0 atom stereocenters. The number of hydrogen-bond donors (Lipinski definition) is 2. The lowest BCUT2D eigenvalue weighted by molar-refractivity contribution is 0.320. The number of aromatic amines is 1. The minimum absolute atomic E-state index is 0.591. The van der Waals surface area contributed by atoms with Gasteiger partial charge in [0.05, 0.1) is 0 Å². The molecule has 1 saturated heterocycles. The third-order valence-corrected chi connectivity index (χ3v) is 10.3. The molecule has 1 fully saturated rings. The zero-order valence-corrected chi connectivity index (χ0v) is 27.5. The fourth-order valence-electron chi connectivity index (χ4n) is 7.89. The van der Waals surface area contributed by atoms with Gasteiger partial charge in [-0.3, -0.25) is 10.2 Å². The van der Waals surface area contributed by atoms with Crippen molar-refractivity contribution in [2.45, 2.75) is 16.7 Å². The molecule has 1 aliphatic rings. The van der Waals surface area contributed by atoms with Gasteiger partial charge in [-0.2, -0.15) is 0 Å². The molecule has 0 bridgehead atoms. The molecule has 1 aromatic heterocycles. The van der Waals surface area contributed by atoms with Gasteiger partial charge in [0.15, 0.2) is 5.66 Å². The van der Waals surface area contributed by atoms with Crippen LogP contribution in [0.4, 0.5) is 5.95 Å². The fraction of sp³-hybridized carbons (Fsp3) is 0.0714. The van der Waals surface area contributed by atoms with Crippen LogP contribution >= 0.6 is 23.2 Å². The van der Waals surface area contributed by atoms with E-state index in [0.717, 1.165) is 33.4 Å². The molecule has 0 radical (unpaired) electrons. The van der Waals surface area contributed by atoms with Crippen LogP contribution in [0.25, 0.3) is 0 Å². The molecular weight excluding hydrogens is 631 g/mol. The maximum absolute atomic E-state index is 7.35. The highest BCUT2D eigenvalue weighted by molar-refractivity contribution is 6.32. The quantitative estimate of drug-likeness (QED) is 0.179. The highest BCUT2D eigenvalue weighted by Gasteiger charge is 2.73. The maximum atomic E-state index is 7.35. The summed E-state index contributed by atoms with van der Waals surface area (Å²) in [5.41, 5.74) is 2.69. The lowest BCUT2D eigenvalue weighted by Crippen LogP contribution is -2.58. The van der Waals surface area contributed by atoms with Crippen molar-refractivity contribution >= 4 is 29.2 Å². The molecule has 6 aromatic carbocycles. The maximum Gasteiger partial charge on any atom is 0.205 e. The minimum atomic E-state index is -1.19. The Labute approximate surface area is 290 Å². The number of H-pyrrole nitrogens is 1. The Hall–Kier alpha value is -5.13. The normalized spacial score (nSPS) is 16.1. The SMILES string of the molecule is Clc1ccccc1C1(c2ccccc2Cl)NC(c2ccccc2)(c2ccccc2)C(c2ccccc2)(c2ccccc2)N1c1ncc[nH]1. The molecule has 0 spiro atoms. The third-order valence-electron chi connectivity index (χ3n) is 9.60. The summed E-state index contributed by atoms with van der Waals surface area (Å²) in [5, 5.41) is 5.57. The molecule has 2 heterocycles. The van der Waals surface area contributed by atoms with Gasteiger partial charge >= 0.3 is 0 Å². The van der Waals surface area contributed by atoms with E-state index in [1.165, 1.54) is 0 Å². The van der Waals surface area contributed by atoms with E-state index in [-0.39, 0.29) is 0 Å². The molecule has 234 valence electrons. The summed E-state index contributed by atoms with van der Waals surface area (Å²) in [5.74, 6) is 0.642. The van der Waals surface area contributed by atoms with Crippen molar-refractivity contribution < 1.29 is 0 Å². The summed E-state index contributed by atoms with van der Waals surface area (Å²) in [7, 11) is 0. The van der Waals surface area contributed by atoms with Crippen molar-refractivity contribution in [3.63, 3.8) is 0 Å². The first kappa shape index (κ1) is 30.2. The van der Waals surface area contributed by atoms with Crippen LogP contribution in [0.3, 0.4) is 0 Å². The molecule has 48 heavy (non-hydrogen) atoms. The van der Waals surface area contributed by atoms with Crippen molar-refractivity contribution in [3.05, 3.63) is 226 Å². The van der Waals surface area contributed by atoms with Gasteiger partial charge in [-0.25, -0.2) is 4.98 Å². The third kappa shape index (κ3) is 4.30. The number of imidazole rings is 1. The van der Waals surface area contributed by atoms with Crippen LogP contribution in [0, 0.1) is 0 Å². The van der Waals surface area contributed by atoms with Gasteiger partial charge in [0.2, 0.25) is 5.95 Å². The Morgan fingerprint density at radius 3 is 1.27 bits per heavy atom. The first-order valence-corrected chi connectivity index (χ1v) is 16.7. The smallest absolute Gasteiger partial charge is 0.205 e. The van der Waals surface area contributed by atoms with E-state index in [2.05, 4.69) is 149 Å². The van der Waals surface area contributed by atoms with Crippen molar-refractivity contribution in [3.8, 4) is 0 Å². The molecule has 7 aromatic rings. The van der Waals surface area contributed by atoms with Gasteiger partial charge in [-0.1, -0.05) is 181 Å². The average Bonchev–Trinajstić information content (AvgIpc) is 3.78. The molecule has 0 unspecified atom stereocenters. The van der Waals surface area contributed by atoms with Gasteiger partial charge in [0.25, 0.3) is 0 Å². The largest absolute Gasteiger partial charge is 0.331 e. The lowest BCUT2D eigenvalue weighted by Gasteiger charge is -2.51. The molecule has 6 heteroatoms. The zero-order chi connectivity index (χ0) is 32.6. The summed E-state index contributed by atoms with van der Waals surface area (Å²) < 4.78 is 0. The van der Waals surface area contributed by atoms with Crippen LogP contribution < -0.4 is 10.2 Å². The first-order valence-electron chi connectivity index (χ1n) is 16.0. The Balaban J connectivity index is 1.70. The second kappa shape index (κ2) is 12.1. The molecule has 1 aliphatic heterocycles. The Bertz CT molecular complexity index is 2010. The number of rotatable bonds is 7. The van der Waals surface area contributed by atoms with Crippen LogP contribution in [0.2, 0.25) is 10.0 Å². The molecule has 0 aliphatic carbocycles. The number of aromatic nitrogens is 2. The number of nitrogens with zero attached hydrogens (tertiary/aromatic N) is 2. The fourth-order valence-corrected chi connectivity index (χ4v) is 8.43. The van der Waals surface area contributed by atoms with Crippen LogP contribution in [-0.4, -0.2) is 9.97 Å². The highest BCUT2D eigenvalue weighted by Crippen LogP contribution is 2.65. The summed E-state index contributed by atoms with van der Waals surface area (Å²) >= 11 is 14.7. The topological polar surface area (TPSA) is 44.0 Å². The van der Waals surface area contributed by atoms with E-state index in [4.69, 9.17) is 28.2 Å². The van der Waals surface area contributed by atoms with Gasteiger partial charge < -0.3 is 4.98 Å². The van der Waals surface area contributed by atoms with E-state index in [0.29, 0.717) is 16.0 Å². The number of anilines is 1. The summed E-state index contributed by atoms with van der Waals surface area (Å²) in [6, 6.07) is 58.7. The van der Waals surface area contributed by atoms with Gasteiger partial charge in [0.1, 0.15) is 11.1 Å². The molecule has 0 saturated carbocycles. The minimum Gasteiger partial charge on any atom is -0.331 e. The second-order valence-corrected chi connectivity index (χ2v) is 12.8. The molecule has 8 rings (SSSR count). The van der Waals surface area contributed by atoms with E-state index >= 15 is 0 Å². The average molecular weight is 664 g/mol. The van der Waals surface area contributed by atoms with Crippen LogP contribution in [-0.2, 0) is 16.7 Å². The summed E-state index contributed by atoms with van der Waals surface area (Å²) in [6.07, 6.45) is 3.66. The molecule has 0 amide bonds. The Kier molecular flexibility index (Phi) is 7.65. The van der Waals surface area contributed by atoms with Gasteiger partial charge in [-0.15, -0.1) is 0 Å². The molecular formula is C42H32Cl2N4. The molecule has 4 nitrogen and oxygen atoms in total. The van der Waals surface area contributed by atoms with E-state index < -0.39 is 16.7 Å². The number of hydrogen-bond acceptors (Lipinski definition) is 3. The molecule has 2 N–H and O–H groups in total. The van der Waals surface area contributed by atoms with E-state index in [1.54, 1.807) is 6.20 Å². The lowest BCUT2D eigenvalue weighted by atomic mass is 9.62. The number of benzene rings is 6. The van der Waals surface area contributed by atoms with Crippen LogP contribution in [0.5, 0.6) is 0 Å². The van der Waals surface area contributed by atoms with E-state index in [1.807, 2.05) is 42.6 Å². The van der Waals surface area contributed by atoms with Gasteiger partial charge in [0, 0.05) is 33.6 Å². The van der Waals surface area contributed by atoms with E-state index in [9.17, 15) is 0 Å².